The number of anilines is 1. The average Bonchev–Trinajstić information content (AvgIpc) is 2.88. The predicted octanol–water partition coefficient (Wildman–Crippen LogP) is 6.46. The van der Waals surface area contributed by atoms with Crippen LogP contribution in [0.15, 0.2) is 88.9 Å². The Kier molecular flexibility index (Phi) is 6.63. The summed E-state index contributed by atoms with van der Waals surface area (Å²) in [5.74, 6) is -0.930. The molecule has 0 spiro atoms. The zero-order valence-electron chi connectivity index (χ0n) is 20.2. The number of aryl methyl sites for hydroxylation is 2. The van der Waals surface area contributed by atoms with Crippen molar-refractivity contribution >= 4 is 56.3 Å². The Balaban J connectivity index is 1.47. The van der Waals surface area contributed by atoms with Crippen molar-refractivity contribution < 1.29 is 19.1 Å². The fourth-order valence-electron chi connectivity index (χ4n) is 4.33. The van der Waals surface area contributed by atoms with E-state index >= 15 is 0 Å². The number of rotatable bonds is 5. The van der Waals surface area contributed by atoms with E-state index in [0.717, 1.165) is 36.8 Å². The van der Waals surface area contributed by atoms with E-state index in [4.69, 9.17) is 4.74 Å². The van der Waals surface area contributed by atoms with Crippen LogP contribution in [0.5, 0.6) is 5.75 Å². The highest BCUT2D eigenvalue weighted by Crippen LogP contribution is 2.29. The molecule has 4 aromatic carbocycles. The molecule has 184 valence electrons. The van der Waals surface area contributed by atoms with Gasteiger partial charge >= 0.3 is 6.03 Å². The first-order valence-electron chi connectivity index (χ1n) is 11.7. The minimum Gasteiger partial charge on any atom is -0.488 e. The van der Waals surface area contributed by atoms with E-state index in [1.807, 2.05) is 32.0 Å². The molecule has 4 amide bonds. The van der Waals surface area contributed by atoms with E-state index in [9.17, 15) is 14.4 Å². The van der Waals surface area contributed by atoms with Gasteiger partial charge in [-0.2, -0.15) is 0 Å². The average molecular weight is 555 g/mol. The lowest BCUT2D eigenvalue weighted by molar-refractivity contribution is -0.122. The number of halogens is 1. The molecule has 1 aliphatic heterocycles. The van der Waals surface area contributed by atoms with Crippen molar-refractivity contribution in [1.82, 2.24) is 5.32 Å². The van der Waals surface area contributed by atoms with E-state index in [0.29, 0.717) is 23.6 Å². The quantitative estimate of drug-likeness (QED) is 0.227. The molecule has 0 bridgehead atoms. The van der Waals surface area contributed by atoms with Gasteiger partial charge in [0.1, 0.15) is 17.9 Å². The first kappa shape index (κ1) is 24.5. The monoisotopic (exact) mass is 554 g/mol. The number of hydrogen-bond donors (Lipinski definition) is 1. The summed E-state index contributed by atoms with van der Waals surface area (Å²) >= 11 is 3.42. The van der Waals surface area contributed by atoms with Crippen molar-refractivity contribution in [2.24, 2.45) is 0 Å². The lowest BCUT2D eigenvalue weighted by Gasteiger charge is -2.27. The molecular weight excluding hydrogens is 532 g/mol. The van der Waals surface area contributed by atoms with Crippen molar-refractivity contribution in [1.29, 1.82) is 0 Å². The largest absolute Gasteiger partial charge is 0.488 e. The van der Waals surface area contributed by atoms with Crippen LogP contribution >= 0.6 is 15.9 Å². The number of ether oxygens (including phenoxy) is 1. The predicted molar refractivity (Wildman–Crippen MR) is 147 cm³/mol. The van der Waals surface area contributed by atoms with Crippen LogP contribution in [-0.2, 0) is 16.2 Å². The number of benzene rings is 4. The summed E-state index contributed by atoms with van der Waals surface area (Å²) in [6.45, 7) is 4.21. The Bertz CT molecular complexity index is 1610. The van der Waals surface area contributed by atoms with Gasteiger partial charge in [-0.25, -0.2) is 9.69 Å². The van der Waals surface area contributed by atoms with E-state index in [-0.39, 0.29) is 5.57 Å². The molecule has 0 aliphatic carbocycles. The van der Waals surface area contributed by atoms with Crippen LogP contribution in [0.3, 0.4) is 0 Å². The SMILES string of the molecule is Cc1cc(N2C(=O)NC(=O)/C(=C/c3ccccc3OCc3c(C)ccc4ccccc34)C2=O)ccc1Br. The van der Waals surface area contributed by atoms with Crippen LogP contribution in [0.1, 0.15) is 22.3 Å². The number of imide groups is 2. The highest BCUT2D eigenvalue weighted by molar-refractivity contribution is 9.10. The molecule has 5 rings (SSSR count). The second-order valence-corrected chi connectivity index (χ2v) is 9.65. The number of carbonyl (C=O) groups excluding carboxylic acids is 3. The van der Waals surface area contributed by atoms with Crippen molar-refractivity contribution in [2.75, 3.05) is 4.90 Å². The number of barbiturate groups is 1. The molecule has 4 aromatic rings. The van der Waals surface area contributed by atoms with Crippen LogP contribution in [-0.4, -0.2) is 17.8 Å². The van der Waals surface area contributed by atoms with E-state index in [2.05, 4.69) is 45.5 Å². The standard InChI is InChI=1S/C30H23BrN2O4/c1-18-11-12-20-7-3-5-9-23(20)25(18)17-37-27-10-6-4-8-21(27)16-24-28(34)32-30(36)33(29(24)35)22-13-14-26(31)19(2)15-22/h3-16H,17H2,1-2H3,(H,32,34,36)/b24-16-. The van der Waals surface area contributed by atoms with Gasteiger partial charge in [0.15, 0.2) is 0 Å². The third-order valence-electron chi connectivity index (χ3n) is 6.37. The number of fused-ring (bicyclic) bond motifs is 1. The highest BCUT2D eigenvalue weighted by Gasteiger charge is 2.37. The zero-order chi connectivity index (χ0) is 26.1. The second-order valence-electron chi connectivity index (χ2n) is 8.80. The number of urea groups is 1. The molecular formula is C30H23BrN2O4. The molecule has 1 heterocycles. The summed E-state index contributed by atoms with van der Waals surface area (Å²) < 4.78 is 7.06. The first-order chi connectivity index (χ1) is 17.8. The Labute approximate surface area is 222 Å². The van der Waals surface area contributed by atoms with E-state index in [1.54, 1.807) is 36.4 Å². The molecule has 0 unspecified atom stereocenters. The maximum atomic E-state index is 13.4. The van der Waals surface area contributed by atoms with Gasteiger partial charge in [-0.05, 0) is 66.1 Å². The Morgan fingerprint density at radius 3 is 2.46 bits per heavy atom. The van der Waals surface area contributed by atoms with Crippen LogP contribution in [0, 0.1) is 13.8 Å². The van der Waals surface area contributed by atoms with Crippen LogP contribution in [0.25, 0.3) is 16.8 Å². The lowest BCUT2D eigenvalue weighted by atomic mass is 10.0. The van der Waals surface area contributed by atoms with Crippen LogP contribution in [0.2, 0.25) is 0 Å². The molecule has 1 N–H and O–H groups in total. The molecule has 1 fully saturated rings. The summed E-state index contributed by atoms with van der Waals surface area (Å²) in [6, 6.07) is 23.8. The smallest absolute Gasteiger partial charge is 0.335 e. The van der Waals surface area contributed by atoms with Crippen LogP contribution in [0.4, 0.5) is 10.5 Å². The van der Waals surface area contributed by atoms with Crippen molar-refractivity contribution in [3.05, 3.63) is 111 Å². The highest BCUT2D eigenvalue weighted by atomic mass is 79.9. The summed E-state index contributed by atoms with van der Waals surface area (Å²) in [5, 5.41) is 4.51. The third kappa shape index (κ3) is 4.78. The molecule has 6 nitrogen and oxygen atoms in total. The fraction of sp³-hybridized carbons (Fsp3) is 0.100. The number of amides is 4. The maximum Gasteiger partial charge on any atom is 0.335 e. The minimum atomic E-state index is -0.787. The van der Waals surface area contributed by atoms with Gasteiger partial charge in [-0.15, -0.1) is 0 Å². The third-order valence-corrected chi connectivity index (χ3v) is 7.26. The molecule has 0 aromatic heterocycles. The summed E-state index contributed by atoms with van der Waals surface area (Å²) in [7, 11) is 0. The number of nitrogens with one attached hydrogen (secondary N) is 1. The van der Waals surface area contributed by atoms with Gasteiger partial charge in [0.2, 0.25) is 0 Å². The Morgan fingerprint density at radius 1 is 0.892 bits per heavy atom. The van der Waals surface area contributed by atoms with E-state index < -0.39 is 17.8 Å². The molecule has 37 heavy (non-hydrogen) atoms. The fourth-order valence-corrected chi connectivity index (χ4v) is 4.58. The molecule has 7 heteroatoms. The van der Waals surface area contributed by atoms with Crippen molar-refractivity contribution in [2.45, 2.75) is 20.5 Å². The Morgan fingerprint density at radius 2 is 1.65 bits per heavy atom. The number of hydrogen-bond acceptors (Lipinski definition) is 4. The molecule has 1 saturated heterocycles. The number of carbonyl (C=O) groups is 3. The first-order valence-corrected chi connectivity index (χ1v) is 12.5. The maximum absolute atomic E-state index is 13.4. The molecule has 0 saturated carbocycles. The summed E-state index contributed by atoms with van der Waals surface area (Å²) in [5.41, 5.74) is 3.79. The van der Waals surface area contributed by atoms with Gasteiger partial charge in [-0.3, -0.25) is 14.9 Å². The minimum absolute atomic E-state index is 0.155. The molecule has 0 atom stereocenters. The van der Waals surface area contributed by atoms with Gasteiger partial charge in [0, 0.05) is 15.6 Å². The van der Waals surface area contributed by atoms with Gasteiger partial charge in [0.25, 0.3) is 11.8 Å². The van der Waals surface area contributed by atoms with Gasteiger partial charge in [-0.1, -0.05) is 70.5 Å². The summed E-state index contributed by atoms with van der Waals surface area (Å²) in [4.78, 5) is 39.6. The van der Waals surface area contributed by atoms with Gasteiger partial charge in [0.05, 0.1) is 5.69 Å². The van der Waals surface area contributed by atoms with Crippen LogP contribution < -0.4 is 15.0 Å². The molecule has 0 radical (unpaired) electrons. The normalized spacial score (nSPS) is 14.8. The number of nitrogens with zero attached hydrogens (tertiary/aromatic N) is 1. The summed E-state index contributed by atoms with van der Waals surface area (Å²) in [6.07, 6.45) is 1.47. The van der Waals surface area contributed by atoms with Gasteiger partial charge < -0.3 is 4.74 Å². The second kappa shape index (κ2) is 10.0. The lowest BCUT2D eigenvalue weighted by Crippen LogP contribution is -2.54. The van der Waals surface area contributed by atoms with Crippen molar-refractivity contribution in [3.8, 4) is 5.75 Å². The molecule has 1 aliphatic rings. The number of para-hydroxylation sites is 1. The topological polar surface area (TPSA) is 75.7 Å². The van der Waals surface area contributed by atoms with Crippen molar-refractivity contribution in [3.63, 3.8) is 0 Å². The Hall–Kier alpha value is -4.23. The zero-order valence-corrected chi connectivity index (χ0v) is 21.8. The van der Waals surface area contributed by atoms with E-state index in [1.165, 1.54) is 6.08 Å².